The van der Waals surface area contributed by atoms with Crippen molar-refractivity contribution in [3.63, 3.8) is 0 Å². The summed E-state index contributed by atoms with van der Waals surface area (Å²) in [4.78, 5) is 0. The van der Waals surface area contributed by atoms with E-state index in [-0.39, 0.29) is 0 Å². The van der Waals surface area contributed by atoms with E-state index in [2.05, 4.69) is 124 Å². The molecule has 0 bridgehead atoms. The molecule has 0 amide bonds. The molecule has 0 heterocycles. The van der Waals surface area contributed by atoms with Crippen molar-refractivity contribution in [1.82, 2.24) is 0 Å². The molecule has 0 nitrogen and oxygen atoms in total. The lowest BCUT2D eigenvalue weighted by Crippen LogP contribution is -2.45. The Morgan fingerprint density at radius 1 is 0.600 bits per heavy atom. The van der Waals surface area contributed by atoms with Gasteiger partial charge in [0.1, 0.15) is 0 Å². The van der Waals surface area contributed by atoms with Crippen molar-refractivity contribution in [3.8, 4) is 0 Å². The highest BCUT2D eigenvalue weighted by Gasteiger charge is 2.57. The second kappa shape index (κ2) is 8.93. The minimum Gasteiger partial charge on any atom is -0.0808 e. The predicted molar refractivity (Wildman–Crippen MR) is 154 cm³/mol. The van der Waals surface area contributed by atoms with Gasteiger partial charge in [-0.15, -0.1) is 0 Å². The van der Waals surface area contributed by atoms with Gasteiger partial charge in [0.15, 0.2) is 0 Å². The van der Waals surface area contributed by atoms with Crippen LogP contribution in [-0.2, 0) is 0 Å². The molecule has 2 saturated carbocycles. The first-order valence-electron chi connectivity index (χ1n) is 13.8. The molecule has 1 heteroatoms. The second-order valence-corrected chi connectivity index (χ2v) is 17.4. The van der Waals surface area contributed by atoms with Crippen LogP contribution < -0.4 is 0 Å². The van der Waals surface area contributed by atoms with Gasteiger partial charge in [0.25, 0.3) is 0 Å². The highest BCUT2D eigenvalue weighted by Crippen LogP contribution is 2.64. The Hall–Kier alpha value is -2.38. The SMILES string of the molecule is CC1CC2C(c3ccccc3)=CC=CC2C1[Si](C)(C)[C@H]1C2C=CC=C(c3ccccc3)C2C[C@@H]1C. The first-order chi connectivity index (χ1) is 17.0. The standard InChI is InChI=1S/C34H40Si/c1-23-21-31-27(25-13-7-5-8-14-25)17-11-19-29(31)33(23)35(3,4)34-24(2)22-32-28(18-12-20-30(32)34)26-15-9-6-10-16-26/h5-20,23-24,29-34H,21-22H2,1-4H3/t23-,24?,29?,30?,31?,32?,33+,34?/m0/s1. The van der Waals surface area contributed by atoms with Crippen molar-refractivity contribution in [2.45, 2.75) is 50.9 Å². The highest BCUT2D eigenvalue weighted by atomic mass is 28.3. The summed E-state index contributed by atoms with van der Waals surface area (Å²) < 4.78 is 0. The highest BCUT2D eigenvalue weighted by molar-refractivity contribution is 6.80. The molecule has 35 heavy (non-hydrogen) atoms. The summed E-state index contributed by atoms with van der Waals surface area (Å²) in [6.07, 6.45) is 17.5. The minimum atomic E-state index is -1.60. The third-order valence-corrected chi connectivity index (χ3v) is 15.5. The normalized spacial score (nSPS) is 35.9. The molecule has 4 aliphatic rings. The summed E-state index contributed by atoms with van der Waals surface area (Å²) in [5.41, 5.74) is 7.73. The lowest BCUT2D eigenvalue weighted by atomic mass is 9.81. The van der Waals surface area contributed by atoms with Crippen LogP contribution in [0.1, 0.15) is 37.8 Å². The molecule has 6 rings (SSSR count). The van der Waals surface area contributed by atoms with E-state index in [4.69, 9.17) is 0 Å². The van der Waals surface area contributed by atoms with Gasteiger partial charge >= 0.3 is 0 Å². The van der Waals surface area contributed by atoms with Gasteiger partial charge in [-0.3, -0.25) is 0 Å². The fraction of sp³-hybridized carbons (Fsp3) is 0.412. The van der Waals surface area contributed by atoms with Crippen molar-refractivity contribution in [3.05, 3.63) is 108 Å². The van der Waals surface area contributed by atoms with Gasteiger partial charge in [-0.2, -0.15) is 0 Å². The average molecular weight is 477 g/mol. The van der Waals surface area contributed by atoms with Gasteiger partial charge in [-0.05, 0) is 81.7 Å². The van der Waals surface area contributed by atoms with Gasteiger partial charge in [0, 0.05) is 0 Å². The maximum atomic E-state index is 2.77. The van der Waals surface area contributed by atoms with E-state index in [1.807, 2.05) is 0 Å². The van der Waals surface area contributed by atoms with Crippen LogP contribution in [-0.4, -0.2) is 8.07 Å². The van der Waals surface area contributed by atoms with E-state index in [1.54, 1.807) is 11.1 Å². The molecule has 0 spiro atoms. The van der Waals surface area contributed by atoms with Crippen LogP contribution in [0.5, 0.6) is 0 Å². The molecule has 2 aromatic rings. The Labute approximate surface area is 213 Å². The van der Waals surface area contributed by atoms with Gasteiger partial charge in [0.05, 0.1) is 8.07 Å². The molecule has 4 aliphatic carbocycles. The Balaban J connectivity index is 1.31. The number of allylic oxidation sites excluding steroid dienone is 8. The van der Waals surface area contributed by atoms with Gasteiger partial charge in [-0.25, -0.2) is 0 Å². The molecule has 0 radical (unpaired) electrons. The fourth-order valence-electron chi connectivity index (χ4n) is 9.23. The van der Waals surface area contributed by atoms with Gasteiger partial charge in [0.2, 0.25) is 0 Å². The number of fused-ring (bicyclic) bond motifs is 2. The van der Waals surface area contributed by atoms with E-state index >= 15 is 0 Å². The minimum absolute atomic E-state index is 0.684. The van der Waals surface area contributed by atoms with Crippen LogP contribution in [0.4, 0.5) is 0 Å². The van der Waals surface area contributed by atoms with Crippen LogP contribution in [0.2, 0.25) is 24.2 Å². The van der Waals surface area contributed by atoms with E-state index in [9.17, 15) is 0 Å². The molecule has 2 aromatic carbocycles. The summed E-state index contributed by atoms with van der Waals surface area (Å²) in [5.74, 6) is 4.37. The van der Waals surface area contributed by atoms with E-state index < -0.39 is 8.07 Å². The summed E-state index contributed by atoms with van der Waals surface area (Å²) in [5, 5.41) is 0. The predicted octanol–water partition coefficient (Wildman–Crippen LogP) is 9.29. The maximum absolute atomic E-state index is 2.77. The van der Waals surface area contributed by atoms with Gasteiger partial charge in [-0.1, -0.05) is 124 Å². The fourth-order valence-corrected chi connectivity index (χ4v) is 15.5. The Morgan fingerprint density at radius 3 is 1.40 bits per heavy atom. The molecule has 0 N–H and O–H groups in total. The molecule has 0 aromatic heterocycles. The molecule has 8 atom stereocenters. The number of benzene rings is 2. The zero-order valence-electron chi connectivity index (χ0n) is 21.8. The molecule has 2 fully saturated rings. The number of rotatable bonds is 4. The summed E-state index contributed by atoms with van der Waals surface area (Å²) in [6, 6.07) is 22.3. The average Bonchev–Trinajstić information content (AvgIpc) is 3.41. The smallest absolute Gasteiger partial charge is 0.0553 e. The van der Waals surface area contributed by atoms with Crippen molar-refractivity contribution < 1.29 is 0 Å². The third kappa shape index (κ3) is 3.78. The number of hydrogen-bond donors (Lipinski definition) is 0. The van der Waals surface area contributed by atoms with Gasteiger partial charge < -0.3 is 0 Å². The zero-order valence-corrected chi connectivity index (χ0v) is 22.8. The largest absolute Gasteiger partial charge is 0.0808 e. The van der Waals surface area contributed by atoms with Crippen LogP contribution >= 0.6 is 0 Å². The monoisotopic (exact) mass is 476 g/mol. The molecule has 0 saturated heterocycles. The van der Waals surface area contributed by atoms with E-state index in [0.29, 0.717) is 23.7 Å². The first-order valence-corrected chi connectivity index (χ1v) is 17.0. The summed E-state index contributed by atoms with van der Waals surface area (Å²) in [6.45, 7) is 10.7. The summed E-state index contributed by atoms with van der Waals surface area (Å²) in [7, 11) is -1.60. The molecular weight excluding hydrogens is 436 g/mol. The third-order valence-electron chi connectivity index (χ3n) is 10.2. The van der Waals surface area contributed by atoms with Crippen LogP contribution in [0.15, 0.2) is 97.1 Å². The Bertz CT molecular complexity index is 1090. The lowest BCUT2D eigenvalue weighted by Gasteiger charge is -2.46. The molecule has 0 aliphatic heterocycles. The second-order valence-electron chi connectivity index (χ2n) is 12.4. The van der Waals surface area contributed by atoms with Crippen LogP contribution in [0.25, 0.3) is 11.1 Å². The number of hydrogen-bond acceptors (Lipinski definition) is 0. The van der Waals surface area contributed by atoms with Crippen molar-refractivity contribution in [1.29, 1.82) is 0 Å². The molecule has 180 valence electrons. The van der Waals surface area contributed by atoms with Crippen LogP contribution in [0.3, 0.4) is 0 Å². The van der Waals surface area contributed by atoms with E-state index in [0.717, 1.165) is 22.9 Å². The maximum Gasteiger partial charge on any atom is 0.0553 e. The Morgan fingerprint density at radius 2 is 1.00 bits per heavy atom. The van der Waals surface area contributed by atoms with Crippen molar-refractivity contribution in [2.75, 3.05) is 0 Å². The Kier molecular flexibility index (Phi) is 5.88. The summed E-state index contributed by atoms with van der Waals surface area (Å²) >= 11 is 0. The van der Waals surface area contributed by atoms with E-state index in [1.165, 1.54) is 24.0 Å². The lowest BCUT2D eigenvalue weighted by molar-refractivity contribution is 0.495. The molecule has 6 unspecified atom stereocenters. The van der Waals surface area contributed by atoms with Crippen LogP contribution in [0, 0.1) is 35.5 Å². The quantitative estimate of drug-likeness (QED) is 0.386. The van der Waals surface area contributed by atoms with Crippen molar-refractivity contribution in [2.24, 2.45) is 35.5 Å². The first kappa shape index (κ1) is 23.0. The zero-order chi connectivity index (χ0) is 24.2. The topological polar surface area (TPSA) is 0 Å². The molecular formula is C34H40Si. The van der Waals surface area contributed by atoms with Crippen molar-refractivity contribution >= 4 is 19.2 Å².